The standard InChI is InChI=1S/C108H134O25/c1-14-21-43-58-115-100-66(8)88(116-59-69-44-29-22-30-45-69)91(79(18-5)123-100)126-104-77(16-3)83-95(86(98(110)113-12)107(83,132-104)121-64-74-54-39-27-40-55-74)129-102-68(10)90(118-61-71-48-33-24-34-49-71)93(81(20-7)125-102)128-105-78(17-4)84-96(87(99(111)114-13)108(84,133-105)122-65-75-56-41-28-42-57-75)130-101-67(9)89(117-60-70-46-31-23-32-47-70)92(80(19-6)124-101)127-103-76(15-2)82-94(119-62-72-50-35-25-36-51-72)85(97(109)112-11)106(82,131-103)120-63-73-52-37-26-38-53-73/h1,22-42,44-57,66-68,76-96,100-105H,15-21,43,58-65H2,2-13H3. The zero-order valence-corrected chi connectivity index (χ0v) is 78.6. The Morgan fingerprint density at radius 3 is 0.827 bits per heavy atom. The average Bonchev–Trinajstić information content (AvgIpc) is 1.55. The molecule has 9 fully saturated rings. The van der Waals surface area contributed by atoms with E-state index in [1.54, 1.807) is 0 Å². The summed E-state index contributed by atoms with van der Waals surface area (Å²) in [5, 5.41) is 0. The molecular formula is C108H134O25. The lowest BCUT2D eigenvalue weighted by atomic mass is 9.61. The van der Waals surface area contributed by atoms with Crippen LogP contribution in [0.15, 0.2) is 212 Å². The van der Waals surface area contributed by atoms with E-state index in [0.29, 0.717) is 64.6 Å². The second-order valence-corrected chi connectivity index (χ2v) is 36.9. The fraction of sp³-hybridized carbons (Fsp3) is 0.565. The summed E-state index contributed by atoms with van der Waals surface area (Å²) in [7, 11) is 4.09. The van der Waals surface area contributed by atoms with Crippen molar-refractivity contribution in [1.82, 2.24) is 0 Å². The van der Waals surface area contributed by atoms with Crippen LogP contribution in [0.1, 0.15) is 153 Å². The highest BCUT2D eigenvalue weighted by Crippen LogP contribution is 2.66. The molecule has 7 aromatic carbocycles. The van der Waals surface area contributed by atoms with Crippen molar-refractivity contribution >= 4 is 17.9 Å². The molecule has 25 heteroatoms. The maximum atomic E-state index is 15.3. The van der Waals surface area contributed by atoms with Gasteiger partial charge >= 0.3 is 17.9 Å². The first-order chi connectivity index (χ1) is 64.9. The molecule has 0 amide bonds. The predicted molar refractivity (Wildman–Crippen MR) is 488 cm³/mol. The van der Waals surface area contributed by atoms with Crippen LogP contribution >= 0.6 is 0 Å². The molecule has 0 spiro atoms. The second kappa shape index (κ2) is 44.9. The Kier molecular flexibility index (Phi) is 33.0. The van der Waals surface area contributed by atoms with Gasteiger partial charge in [0.1, 0.15) is 36.1 Å². The van der Waals surface area contributed by atoms with Gasteiger partial charge in [0, 0.05) is 59.7 Å². The molecule has 3 saturated carbocycles. The highest BCUT2D eigenvalue weighted by Gasteiger charge is 2.80. The smallest absolute Gasteiger partial charge is 0.316 e. The number of fused-ring (bicyclic) bond motifs is 3. The molecule has 3 aliphatic carbocycles. The summed E-state index contributed by atoms with van der Waals surface area (Å²) in [6, 6.07) is 69.1. The van der Waals surface area contributed by atoms with Gasteiger partial charge in [0.25, 0.3) is 0 Å². The predicted octanol–water partition coefficient (Wildman–Crippen LogP) is 17.1. The van der Waals surface area contributed by atoms with E-state index in [0.717, 1.165) is 38.9 Å². The van der Waals surface area contributed by atoms with Crippen LogP contribution in [-0.2, 0) is 165 Å². The lowest BCUT2D eigenvalue weighted by Gasteiger charge is -2.56. The van der Waals surface area contributed by atoms with Crippen LogP contribution in [0.5, 0.6) is 0 Å². The molecule has 6 aliphatic heterocycles. The monoisotopic (exact) mass is 1830 g/mol. The summed E-state index contributed by atoms with van der Waals surface area (Å²) in [5.74, 6) is -12.0. The van der Waals surface area contributed by atoms with Gasteiger partial charge in [-0.15, -0.1) is 12.3 Å². The third-order valence-corrected chi connectivity index (χ3v) is 29.2. The number of terminal acetylenes is 1. The molecule has 7 aromatic rings. The second-order valence-electron chi connectivity index (χ2n) is 36.9. The van der Waals surface area contributed by atoms with Crippen molar-refractivity contribution < 1.29 is 119 Å². The Labute approximate surface area is 783 Å². The number of unbranched alkanes of at least 4 members (excludes halogenated alkanes) is 1. The van der Waals surface area contributed by atoms with Crippen molar-refractivity contribution in [2.24, 2.45) is 71.0 Å². The fourth-order valence-corrected chi connectivity index (χ4v) is 22.2. The Morgan fingerprint density at radius 1 is 0.308 bits per heavy atom. The van der Waals surface area contributed by atoms with Gasteiger partial charge in [-0.25, -0.2) is 0 Å². The van der Waals surface area contributed by atoms with Crippen LogP contribution in [0, 0.1) is 83.4 Å². The minimum absolute atomic E-state index is 0.0415. The van der Waals surface area contributed by atoms with Crippen LogP contribution < -0.4 is 0 Å². The Morgan fingerprint density at radius 2 is 0.556 bits per heavy atom. The van der Waals surface area contributed by atoms with Gasteiger partial charge in [-0.3, -0.25) is 14.4 Å². The van der Waals surface area contributed by atoms with Crippen LogP contribution in [0.4, 0.5) is 0 Å². The molecule has 16 rings (SSSR count). The van der Waals surface area contributed by atoms with E-state index in [1.165, 1.54) is 21.3 Å². The van der Waals surface area contributed by atoms with Crippen molar-refractivity contribution in [3.05, 3.63) is 251 Å². The summed E-state index contributed by atoms with van der Waals surface area (Å²) in [6.07, 6.45) is -4.97. The maximum Gasteiger partial charge on any atom is 0.316 e. The molecule has 33 atom stereocenters. The van der Waals surface area contributed by atoms with Crippen molar-refractivity contribution in [2.45, 2.75) is 288 Å². The lowest BCUT2D eigenvalue weighted by Crippen LogP contribution is -2.71. The molecule has 0 aromatic heterocycles. The first-order valence-corrected chi connectivity index (χ1v) is 48.2. The van der Waals surface area contributed by atoms with E-state index in [9.17, 15) is 4.79 Å². The number of carbonyl (C=O) groups is 3. The van der Waals surface area contributed by atoms with Crippen LogP contribution in [0.25, 0.3) is 0 Å². The molecule has 9 aliphatic rings. The Hall–Kier alpha value is -8.25. The summed E-state index contributed by atoms with van der Waals surface area (Å²) >= 11 is 0. The summed E-state index contributed by atoms with van der Waals surface area (Å²) < 4.78 is 155. The molecule has 25 nitrogen and oxygen atoms in total. The molecule has 33 unspecified atom stereocenters. The molecule has 0 N–H and O–H groups in total. The zero-order valence-electron chi connectivity index (χ0n) is 78.6. The largest absolute Gasteiger partial charge is 0.469 e. The summed E-state index contributed by atoms with van der Waals surface area (Å²) in [6.45, 7) is 20.0. The summed E-state index contributed by atoms with van der Waals surface area (Å²) in [4.78, 5) is 44.9. The van der Waals surface area contributed by atoms with Gasteiger partial charge in [0.05, 0.1) is 129 Å². The van der Waals surface area contributed by atoms with E-state index in [4.69, 9.17) is 111 Å². The number of methoxy groups -OCH3 is 3. The fourth-order valence-electron chi connectivity index (χ4n) is 22.2. The van der Waals surface area contributed by atoms with E-state index in [2.05, 4.69) is 40.5 Å². The maximum absolute atomic E-state index is 15.3. The molecule has 0 bridgehead atoms. The van der Waals surface area contributed by atoms with Crippen molar-refractivity contribution in [2.75, 3.05) is 27.9 Å². The summed E-state index contributed by atoms with van der Waals surface area (Å²) in [5.41, 5.74) is 6.35. The highest BCUT2D eigenvalue weighted by atomic mass is 16.8. The van der Waals surface area contributed by atoms with Crippen LogP contribution in [-0.4, -0.2) is 174 Å². The molecule has 0 radical (unpaired) electrons. The number of hydrogen-bond acceptors (Lipinski definition) is 25. The minimum atomic E-state index is -1.71. The number of carbonyl (C=O) groups excluding carboxylic acids is 3. The molecular weight excluding hydrogens is 1700 g/mol. The van der Waals surface area contributed by atoms with E-state index in [-0.39, 0.29) is 51.5 Å². The Bertz CT molecular complexity index is 4830. The zero-order chi connectivity index (χ0) is 92.9. The van der Waals surface area contributed by atoms with Gasteiger partial charge < -0.3 is 104 Å². The van der Waals surface area contributed by atoms with Crippen molar-refractivity contribution in [3.8, 4) is 12.3 Å². The van der Waals surface area contributed by atoms with E-state index >= 15 is 9.59 Å². The first-order valence-electron chi connectivity index (χ1n) is 48.2. The Balaban J connectivity index is 0.702. The van der Waals surface area contributed by atoms with E-state index in [1.807, 2.05) is 240 Å². The quantitative estimate of drug-likeness (QED) is 0.0149. The molecule has 716 valence electrons. The first kappa shape index (κ1) is 97.8. The number of esters is 3. The lowest BCUT2D eigenvalue weighted by molar-refractivity contribution is -0.411. The van der Waals surface area contributed by atoms with Crippen LogP contribution in [0.3, 0.4) is 0 Å². The molecule has 6 heterocycles. The number of ether oxygens (including phenoxy) is 22. The van der Waals surface area contributed by atoms with Gasteiger partial charge in [-0.1, -0.05) is 275 Å². The van der Waals surface area contributed by atoms with Gasteiger partial charge in [-0.05, 0) is 83.9 Å². The van der Waals surface area contributed by atoms with Crippen LogP contribution in [0.2, 0.25) is 0 Å². The third-order valence-electron chi connectivity index (χ3n) is 29.2. The van der Waals surface area contributed by atoms with Gasteiger partial charge in [0.2, 0.25) is 0 Å². The minimum Gasteiger partial charge on any atom is -0.469 e. The van der Waals surface area contributed by atoms with Gasteiger partial charge in [0.15, 0.2) is 55.1 Å². The van der Waals surface area contributed by atoms with Gasteiger partial charge in [-0.2, -0.15) is 0 Å². The molecule has 133 heavy (non-hydrogen) atoms. The van der Waals surface area contributed by atoms with Crippen molar-refractivity contribution in [3.63, 3.8) is 0 Å². The average molecular weight is 1830 g/mol. The SMILES string of the molecule is C#CCCCOC1OC(CC)C(OC2OC3(OCc4ccccc4)C(C(=O)OC)C(OC4OC(CC)C(OC5OC6(OCc7ccccc7)C(C(=O)OC)C(OC7OC(CC)C(OC8OC9(OCc%10ccccc%10)C(C(=O)OC)C(OCc%10ccccc%10)C9C8CC)C(OCc8ccccc8)C7C)C6C5CC)C(OCc5ccccc5)C4C)C3C2CC)C(OCc2ccccc2)C1C. The number of hydrogen-bond donors (Lipinski definition) is 0. The number of rotatable bonds is 44. The third kappa shape index (κ3) is 20.3. The number of benzene rings is 7. The molecule has 6 saturated heterocycles. The van der Waals surface area contributed by atoms with E-state index < -0.39 is 205 Å². The topological polar surface area (TPSA) is 254 Å². The van der Waals surface area contributed by atoms with Crippen molar-refractivity contribution in [1.29, 1.82) is 0 Å². The normalized spacial score (nSPS) is 36.4. The highest BCUT2D eigenvalue weighted by molar-refractivity contribution is 5.78.